The molecule has 0 saturated carbocycles. The number of halogens is 1. The van der Waals surface area contributed by atoms with Gasteiger partial charge in [0.25, 0.3) is 0 Å². The molecule has 0 spiro atoms. The molecule has 1 unspecified atom stereocenters. The van der Waals surface area contributed by atoms with Gasteiger partial charge in [-0.2, -0.15) is 0 Å². The zero-order chi connectivity index (χ0) is 26.5. The molecule has 0 saturated heterocycles. The minimum Gasteiger partial charge on any atom is -0.494 e. The normalized spacial score (nSPS) is 13.6. The van der Waals surface area contributed by atoms with Crippen LogP contribution in [0.3, 0.4) is 0 Å². The van der Waals surface area contributed by atoms with E-state index in [1.165, 1.54) is 20.3 Å². The molecule has 7 nitrogen and oxygen atoms in total. The average molecular weight is 498 g/mol. The number of carbonyl (C=O) groups excluding carboxylic acids is 1. The van der Waals surface area contributed by atoms with E-state index in [1.54, 1.807) is 63.2 Å². The summed E-state index contributed by atoms with van der Waals surface area (Å²) < 4.78 is 30.0. The second kappa shape index (κ2) is 11.5. The summed E-state index contributed by atoms with van der Waals surface area (Å²) in [5.41, 5.74) is 0.931. The topological polar surface area (TPSA) is 98.1 Å². The Morgan fingerprint density at radius 1 is 1.06 bits per heavy atom. The van der Waals surface area contributed by atoms with Crippen molar-refractivity contribution in [3.8, 4) is 28.5 Å². The summed E-state index contributed by atoms with van der Waals surface area (Å²) in [5.74, 6) is 0.291. The first-order valence-corrected chi connectivity index (χ1v) is 11.6. The monoisotopic (exact) mass is 497 g/mol. The third kappa shape index (κ3) is 5.83. The molecule has 1 heterocycles. The second-order valence-corrected chi connectivity index (χ2v) is 8.82. The molecular weight excluding hydrogens is 465 g/mol. The molecule has 36 heavy (non-hydrogen) atoms. The fourth-order valence-electron chi connectivity index (χ4n) is 3.85. The number of rotatable bonds is 11. The summed E-state index contributed by atoms with van der Waals surface area (Å²) in [5, 5.41) is 20.4. The summed E-state index contributed by atoms with van der Waals surface area (Å²) in [6.45, 7) is 5.03. The van der Waals surface area contributed by atoms with Gasteiger partial charge in [0.1, 0.15) is 29.5 Å². The van der Waals surface area contributed by atoms with Gasteiger partial charge in [-0.15, -0.1) is 0 Å². The van der Waals surface area contributed by atoms with E-state index in [-0.39, 0.29) is 31.2 Å². The van der Waals surface area contributed by atoms with Crippen LogP contribution in [0, 0.1) is 18.7 Å². The number of nitrogens with zero attached hydrogens (tertiary/aromatic N) is 1. The maximum absolute atomic E-state index is 13.8. The minimum atomic E-state index is -1.44. The molecule has 1 aromatic heterocycles. The van der Waals surface area contributed by atoms with Gasteiger partial charge in [0.2, 0.25) is 0 Å². The first-order chi connectivity index (χ1) is 17.1. The predicted octanol–water partition coefficient (Wildman–Crippen LogP) is 4.70. The van der Waals surface area contributed by atoms with Gasteiger partial charge in [-0.3, -0.25) is 4.79 Å². The van der Waals surface area contributed by atoms with Gasteiger partial charge < -0.3 is 24.4 Å². The SMILES string of the molecule is COc1cc(C(=O)CC(C)[C@@](C)(O)c2ccc(OC)c(-c3ccc(F)c(C)c3)n2)ccc1OCCO. The van der Waals surface area contributed by atoms with E-state index < -0.39 is 11.5 Å². The van der Waals surface area contributed by atoms with E-state index in [0.717, 1.165) is 0 Å². The molecule has 0 radical (unpaired) electrons. The van der Waals surface area contributed by atoms with Crippen molar-refractivity contribution in [1.29, 1.82) is 0 Å². The minimum absolute atomic E-state index is 0.0473. The Morgan fingerprint density at radius 2 is 1.75 bits per heavy atom. The number of hydrogen-bond donors (Lipinski definition) is 2. The number of aliphatic hydroxyl groups is 2. The van der Waals surface area contributed by atoms with Crippen LogP contribution in [0.2, 0.25) is 0 Å². The highest BCUT2D eigenvalue weighted by Crippen LogP contribution is 2.36. The lowest BCUT2D eigenvalue weighted by molar-refractivity contribution is -0.00434. The van der Waals surface area contributed by atoms with Crippen LogP contribution in [-0.2, 0) is 5.60 Å². The molecule has 3 aromatic rings. The maximum Gasteiger partial charge on any atom is 0.163 e. The summed E-state index contributed by atoms with van der Waals surface area (Å²) in [4.78, 5) is 17.7. The fourth-order valence-corrected chi connectivity index (χ4v) is 3.85. The van der Waals surface area contributed by atoms with Crippen LogP contribution < -0.4 is 14.2 Å². The molecule has 2 aromatic carbocycles. The van der Waals surface area contributed by atoms with E-state index in [2.05, 4.69) is 4.98 Å². The number of methoxy groups -OCH3 is 2. The average Bonchev–Trinajstić information content (AvgIpc) is 2.88. The van der Waals surface area contributed by atoms with Crippen molar-refractivity contribution in [2.24, 2.45) is 5.92 Å². The van der Waals surface area contributed by atoms with Crippen LogP contribution in [0.25, 0.3) is 11.3 Å². The highest BCUT2D eigenvalue weighted by Gasteiger charge is 2.34. The number of Topliss-reactive ketones (excluding diaryl/α,β-unsaturated/α-hetero) is 1. The molecule has 0 aliphatic rings. The molecule has 2 atom stereocenters. The van der Waals surface area contributed by atoms with Crippen LogP contribution in [0.1, 0.15) is 41.9 Å². The van der Waals surface area contributed by atoms with Crippen LogP contribution in [0.4, 0.5) is 4.39 Å². The number of aryl methyl sites for hydroxylation is 1. The van der Waals surface area contributed by atoms with Crippen molar-refractivity contribution in [2.75, 3.05) is 27.4 Å². The van der Waals surface area contributed by atoms with Crippen molar-refractivity contribution in [1.82, 2.24) is 4.98 Å². The number of benzene rings is 2. The third-order valence-corrected chi connectivity index (χ3v) is 6.31. The lowest BCUT2D eigenvalue weighted by Gasteiger charge is -2.30. The van der Waals surface area contributed by atoms with E-state index in [0.29, 0.717) is 45.3 Å². The molecule has 0 aliphatic heterocycles. The molecule has 8 heteroatoms. The standard InChI is InChI=1S/C28H32FNO6/c1-17-14-20(6-8-21(17)29)27-24(34-4)10-11-26(30-27)28(3,33)18(2)15-22(32)19-7-9-23(36-13-12-31)25(16-19)35-5/h6-11,14,16,18,31,33H,12-13,15H2,1-5H3/t18?,28-/m1/s1. The van der Waals surface area contributed by atoms with Crippen LogP contribution in [0.5, 0.6) is 17.2 Å². The van der Waals surface area contributed by atoms with E-state index in [9.17, 15) is 14.3 Å². The lowest BCUT2D eigenvalue weighted by Crippen LogP contribution is -2.32. The Labute approximate surface area is 210 Å². The summed E-state index contributed by atoms with van der Waals surface area (Å²) in [6.07, 6.45) is 0.0473. The van der Waals surface area contributed by atoms with Crippen molar-refractivity contribution in [3.63, 3.8) is 0 Å². The molecule has 192 valence electrons. The van der Waals surface area contributed by atoms with Gasteiger partial charge >= 0.3 is 0 Å². The van der Waals surface area contributed by atoms with Crippen LogP contribution in [-0.4, -0.2) is 48.4 Å². The van der Waals surface area contributed by atoms with Crippen LogP contribution >= 0.6 is 0 Å². The molecular formula is C28H32FNO6. The Balaban J connectivity index is 1.86. The van der Waals surface area contributed by atoms with E-state index in [4.69, 9.17) is 19.3 Å². The smallest absolute Gasteiger partial charge is 0.163 e. The Hall–Kier alpha value is -3.49. The Bertz CT molecular complexity index is 1230. The highest BCUT2D eigenvalue weighted by molar-refractivity contribution is 5.97. The van der Waals surface area contributed by atoms with Crippen molar-refractivity contribution in [3.05, 3.63) is 71.2 Å². The van der Waals surface area contributed by atoms with Gasteiger partial charge in [-0.1, -0.05) is 6.92 Å². The lowest BCUT2D eigenvalue weighted by atomic mass is 9.82. The molecule has 0 amide bonds. The summed E-state index contributed by atoms with van der Waals surface area (Å²) in [6, 6.07) is 12.8. The largest absolute Gasteiger partial charge is 0.494 e. The van der Waals surface area contributed by atoms with Gasteiger partial charge in [-0.25, -0.2) is 9.37 Å². The highest BCUT2D eigenvalue weighted by atomic mass is 19.1. The van der Waals surface area contributed by atoms with Gasteiger partial charge in [0.15, 0.2) is 17.3 Å². The van der Waals surface area contributed by atoms with Gasteiger partial charge in [0.05, 0.1) is 26.5 Å². The summed E-state index contributed by atoms with van der Waals surface area (Å²) in [7, 11) is 2.99. The van der Waals surface area contributed by atoms with Gasteiger partial charge in [0, 0.05) is 17.5 Å². The molecule has 0 fully saturated rings. The van der Waals surface area contributed by atoms with E-state index in [1.807, 2.05) is 0 Å². The quantitative estimate of drug-likeness (QED) is 0.371. The number of hydrogen-bond acceptors (Lipinski definition) is 7. The number of aliphatic hydroxyl groups excluding tert-OH is 1. The fraction of sp³-hybridized carbons (Fsp3) is 0.357. The number of ether oxygens (including phenoxy) is 3. The van der Waals surface area contributed by atoms with Crippen molar-refractivity contribution >= 4 is 5.78 Å². The maximum atomic E-state index is 13.8. The van der Waals surface area contributed by atoms with Crippen molar-refractivity contribution < 1.29 is 33.6 Å². The zero-order valence-corrected chi connectivity index (χ0v) is 21.2. The van der Waals surface area contributed by atoms with Crippen LogP contribution in [0.15, 0.2) is 48.5 Å². The summed E-state index contributed by atoms with van der Waals surface area (Å²) >= 11 is 0. The van der Waals surface area contributed by atoms with Crippen molar-refractivity contribution in [2.45, 2.75) is 32.8 Å². The van der Waals surface area contributed by atoms with Gasteiger partial charge in [-0.05, 0) is 73.9 Å². The predicted molar refractivity (Wildman–Crippen MR) is 134 cm³/mol. The number of pyridine rings is 1. The van der Waals surface area contributed by atoms with E-state index >= 15 is 0 Å². The number of ketones is 1. The first-order valence-electron chi connectivity index (χ1n) is 11.6. The Kier molecular flexibility index (Phi) is 8.66. The number of aromatic nitrogens is 1. The first kappa shape index (κ1) is 27.1. The zero-order valence-electron chi connectivity index (χ0n) is 21.2. The third-order valence-electron chi connectivity index (χ3n) is 6.31. The molecule has 0 bridgehead atoms. The molecule has 2 N–H and O–H groups in total. The molecule has 3 rings (SSSR count). The number of carbonyl (C=O) groups is 1. The second-order valence-electron chi connectivity index (χ2n) is 8.82. The molecule has 0 aliphatic carbocycles. The Morgan fingerprint density at radius 3 is 2.39 bits per heavy atom.